The van der Waals surface area contributed by atoms with E-state index in [1.54, 1.807) is 16.7 Å². The van der Waals surface area contributed by atoms with Gasteiger partial charge in [-0.05, 0) is 19.1 Å². The molecule has 0 aliphatic carbocycles. The molecule has 1 saturated heterocycles. The van der Waals surface area contributed by atoms with Crippen molar-refractivity contribution >= 4 is 24.0 Å². The molecule has 0 radical (unpaired) electrons. The number of carbonyl (C=O) groups excluding carboxylic acids is 1. The molecule has 2 rings (SSSR count). The predicted octanol–water partition coefficient (Wildman–Crippen LogP) is 1.38. The molecule has 1 fully saturated rings. The Morgan fingerprint density at radius 2 is 1.85 bits per heavy atom. The third-order valence-corrected chi connectivity index (χ3v) is 3.23. The third-order valence-electron chi connectivity index (χ3n) is 3.23. The first kappa shape index (κ1) is 16.7. The summed E-state index contributed by atoms with van der Waals surface area (Å²) in [5.41, 5.74) is 5.79. The van der Waals surface area contributed by atoms with Crippen molar-refractivity contribution < 1.29 is 13.6 Å². The van der Waals surface area contributed by atoms with Crippen LogP contribution in [0.3, 0.4) is 0 Å². The summed E-state index contributed by atoms with van der Waals surface area (Å²) in [7, 11) is 0. The summed E-state index contributed by atoms with van der Waals surface area (Å²) in [6.45, 7) is 3.52. The zero-order valence-electron chi connectivity index (χ0n) is 11.2. The molecule has 0 aromatic heterocycles. The maximum atomic E-state index is 13.6. The lowest BCUT2D eigenvalue weighted by Gasteiger charge is -2.36. The van der Waals surface area contributed by atoms with Crippen molar-refractivity contribution in [2.75, 3.05) is 31.1 Å². The molecule has 1 atom stereocenters. The second-order valence-electron chi connectivity index (χ2n) is 4.70. The van der Waals surface area contributed by atoms with Crippen LogP contribution in [0.2, 0.25) is 0 Å². The number of amides is 1. The summed E-state index contributed by atoms with van der Waals surface area (Å²) >= 11 is 0. The minimum Gasteiger partial charge on any atom is -0.366 e. The molecule has 20 heavy (non-hydrogen) atoms. The number of rotatable bonds is 2. The van der Waals surface area contributed by atoms with E-state index in [0.717, 1.165) is 12.1 Å². The molecule has 1 aromatic rings. The lowest BCUT2D eigenvalue weighted by Crippen LogP contribution is -2.52. The van der Waals surface area contributed by atoms with Gasteiger partial charge < -0.3 is 15.5 Å². The molecule has 1 heterocycles. The van der Waals surface area contributed by atoms with E-state index in [1.165, 1.54) is 6.07 Å². The van der Waals surface area contributed by atoms with Gasteiger partial charge in [-0.15, -0.1) is 12.4 Å². The SMILES string of the molecule is C[C@@H](N)C(=O)N1CCN(c2cc(F)ccc2F)CC1.Cl. The van der Waals surface area contributed by atoms with E-state index in [-0.39, 0.29) is 24.0 Å². The first-order chi connectivity index (χ1) is 8.99. The van der Waals surface area contributed by atoms with Gasteiger partial charge in [-0.3, -0.25) is 4.79 Å². The number of anilines is 1. The smallest absolute Gasteiger partial charge is 0.239 e. The van der Waals surface area contributed by atoms with Crippen LogP contribution in [-0.4, -0.2) is 43.0 Å². The first-order valence-corrected chi connectivity index (χ1v) is 6.23. The Balaban J connectivity index is 0.00000200. The molecule has 1 amide bonds. The molecule has 112 valence electrons. The fourth-order valence-corrected chi connectivity index (χ4v) is 2.18. The maximum absolute atomic E-state index is 13.6. The van der Waals surface area contributed by atoms with E-state index in [2.05, 4.69) is 0 Å². The molecule has 0 saturated carbocycles. The van der Waals surface area contributed by atoms with E-state index >= 15 is 0 Å². The molecule has 0 spiro atoms. The lowest BCUT2D eigenvalue weighted by atomic mass is 10.2. The predicted molar refractivity (Wildman–Crippen MR) is 76.0 cm³/mol. The van der Waals surface area contributed by atoms with Crippen LogP contribution in [0.4, 0.5) is 14.5 Å². The highest BCUT2D eigenvalue weighted by molar-refractivity contribution is 5.85. The average molecular weight is 306 g/mol. The minimum absolute atomic E-state index is 0. The van der Waals surface area contributed by atoms with Crippen LogP contribution in [0, 0.1) is 11.6 Å². The van der Waals surface area contributed by atoms with Gasteiger partial charge in [0.15, 0.2) is 0 Å². The minimum atomic E-state index is -0.530. The second kappa shape index (κ2) is 6.85. The van der Waals surface area contributed by atoms with Gasteiger partial charge in [-0.25, -0.2) is 8.78 Å². The number of nitrogens with zero attached hydrogens (tertiary/aromatic N) is 2. The Morgan fingerprint density at radius 1 is 1.25 bits per heavy atom. The zero-order chi connectivity index (χ0) is 14.0. The van der Waals surface area contributed by atoms with E-state index in [4.69, 9.17) is 5.73 Å². The van der Waals surface area contributed by atoms with E-state index in [1.807, 2.05) is 0 Å². The molecular formula is C13H18ClF2N3O. The standard InChI is InChI=1S/C13H17F2N3O.ClH/c1-9(16)13(19)18-6-4-17(5-7-18)12-8-10(14)2-3-11(12)15;/h2-3,8-9H,4-7,16H2,1H3;1H/t9-;/m1./s1. The van der Waals surface area contributed by atoms with Gasteiger partial charge in [0, 0.05) is 32.2 Å². The summed E-state index contributed by atoms with van der Waals surface area (Å²) in [6.07, 6.45) is 0. The molecule has 0 unspecified atom stereocenters. The van der Waals surface area contributed by atoms with Crippen molar-refractivity contribution in [1.82, 2.24) is 4.90 Å². The summed E-state index contributed by atoms with van der Waals surface area (Å²) in [5, 5.41) is 0. The maximum Gasteiger partial charge on any atom is 0.239 e. The topological polar surface area (TPSA) is 49.6 Å². The monoisotopic (exact) mass is 305 g/mol. The normalized spacial score (nSPS) is 16.6. The average Bonchev–Trinajstić information content (AvgIpc) is 2.41. The number of benzene rings is 1. The van der Waals surface area contributed by atoms with Crippen LogP contribution in [0.15, 0.2) is 18.2 Å². The van der Waals surface area contributed by atoms with Crippen molar-refractivity contribution in [3.8, 4) is 0 Å². The Morgan fingerprint density at radius 3 is 2.40 bits per heavy atom. The van der Waals surface area contributed by atoms with Crippen LogP contribution in [0.25, 0.3) is 0 Å². The highest BCUT2D eigenvalue weighted by Gasteiger charge is 2.24. The number of piperazine rings is 1. The third kappa shape index (κ3) is 3.58. The van der Waals surface area contributed by atoms with E-state index in [0.29, 0.717) is 26.2 Å². The van der Waals surface area contributed by atoms with Crippen LogP contribution >= 0.6 is 12.4 Å². The van der Waals surface area contributed by atoms with Crippen molar-refractivity contribution in [2.24, 2.45) is 5.73 Å². The number of halogens is 3. The van der Waals surface area contributed by atoms with Gasteiger partial charge in [0.25, 0.3) is 0 Å². The Kier molecular flexibility index (Phi) is 5.71. The molecule has 7 heteroatoms. The van der Waals surface area contributed by atoms with E-state index < -0.39 is 17.7 Å². The van der Waals surface area contributed by atoms with E-state index in [9.17, 15) is 13.6 Å². The van der Waals surface area contributed by atoms with Crippen LogP contribution < -0.4 is 10.6 Å². The Hall–Kier alpha value is -1.40. The highest BCUT2D eigenvalue weighted by Crippen LogP contribution is 2.21. The van der Waals surface area contributed by atoms with Crippen molar-refractivity contribution in [3.05, 3.63) is 29.8 Å². The van der Waals surface area contributed by atoms with Gasteiger partial charge in [-0.2, -0.15) is 0 Å². The van der Waals surface area contributed by atoms with Crippen molar-refractivity contribution in [2.45, 2.75) is 13.0 Å². The van der Waals surface area contributed by atoms with Crippen LogP contribution in [0.1, 0.15) is 6.92 Å². The summed E-state index contributed by atoms with van der Waals surface area (Å²) in [6, 6.07) is 2.86. The zero-order valence-corrected chi connectivity index (χ0v) is 12.0. The molecule has 1 aliphatic heterocycles. The molecule has 2 N–H and O–H groups in total. The Bertz CT molecular complexity index is 477. The lowest BCUT2D eigenvalue weighted by molar-refractivity contribution is -0.132. The molecule has 4 nitrogen and oxygen atoms in total. The van der Waals surface area contributed by atoms with Gasteiger partial charge in [0.05, 0.1) is 11.7 Å². The summed E-state index contributed by atoms with van der Waals surface area (Å²) in [4.78, 5) is 15.1. The number of hydrogen-bond acceptors (Lipinski definition) is 3. The number of nitrogens with two attached hydrogens (primary N) is 1. The van der Waals surface area contributed by atoms with Gasteiger partial charge in [-0.1, -0.05) is 0 Å². The molecule has 1 aromatic carbocycles. The van der Waals surface area contributed by atoms with Gasteiger partial charge >= 0.3 is 0 Å². The quantitative estimate of drug-likeness (QED) is 0.898. The fraction of sp³-hybridized carbons (Fsp3) is 0.462. The number of carbonyl (C=O) groups is 1. The molecule has 1 aliphatic rings. The summed E-state index contributed by atoms with van der Waals surface area (Å²) in [5.74, 6) is -1.03. The van der Waals surface area contributed by atoms with Crippen LogP contribution in [0.5, 0.6) is 0 Å². The fourth-order valence-electron chi connectivity index (χ4n) is 2.18. The van der Waals surface area contributed by atoms with Gasteiger partial charge in [0.1, 0.15) is 11.6 Å². The van der Waals surface area contributed by atoms with Gasteiger partial charge in [0.2, 0.25) is 5.91 Å². The largest absolute Gasteiger partial charge is 0.366 e. The second-order valence-corrected chi connectivity index (χ2v) is 4.70. The number of hydrogen-bond donors (Lipinski definition) is 1. The molecular weight excluding hydrogens is 288 g/mol. The Labute approximate surface area is 122 Å². The van der Waals surface area contributed by atoms with Crippen LogP contribution in [-0.2, 0) is 4.79 Å². The van der Waals surface area contributed by atoms with Crippen molar-refractivity contribution in [3.63, 3.8) is 0 Å². The highest BCUT2D eigenvalue weighted by atomic mass is 35.5. The van der Waals surface area contributed by atoms with Crippen molar-refractivity contribution in [1.29, 1.82) is 0 Å². The summed E-state index contributed by atoms with van der Waals surface area (Å²) < 4.78 is 26.8. The first-order valence-electron chi connectivity index (χ1n) is 6.23. The molecule has 0 bridgehead atoms.